The maximum Gasteiger partial charge on any atom is 0.328 e. The Hall–Kier alpha value is -1.29. The first kappa shape index (κ1) is 14.1. The molecule has 0 aliphatic rings. The molecule has 4 heteroatoms. The van der Waals surface area contributed by atoms with Crippen LogP contribution in [-0.2, 0) is 9.53 Å². The molecule has 0 saturated carbocycles. The van der Waals surface area contributed by atoms with Gasteiger partial charge in [0.25, 0.3) is 0 Å². The van der Waals surface area contributed by atoms with E-state index in [1.165, 1.54) is 0 Å². The van der Waals surface area contributed by atoms with Crippen molar-refractivity contribution < 1.29 is 9.53 Å². The molecular formula is C15H18BrNO2. The average molecular weight is 324 g/mol. The van der Waals surface area contributed by atoms with Gasteiger partial charge in [0.15, 0.2) is 0 Å². The van der Waals surface area contributed by atoms with Gasteiger partial charge in [0.2, 0.25) is 0 Å². The third kappa shape index (κ3) is 3.18. The lowest BCUT2D eigenvalue weighted by Gasteiger charge is -2.14. The number of unbranched alkanes of at least 4 members (excludes halogenated alkanes) is 1. The molecule has 1 atom stereocenters. The highest BCUT2D eigenvalue weighted by Crippen LogP contribution is 2.24. The summed E-state index contributed by atoms with van der Waals surface area (Å²) in [5.74, 6) is -0.172. The van der Waals surface area contributed by atoms with E-state index in [2.05, 4.69) is 22.9 Å². The van der Waals surface area contributed by atoms with Gasteiger partial charge in [-0.25, -0.2) is 4.79 Å². The highest BCUT2D eigenvalue weighted by molar-refractivity contribution is 9.10. The van der Waals surface area contributed by atoms with E-state index in [1.807, 2.05) is 42.0 Å². The number of benzene rings is 1. The molecule has 0 spiro atoms. The van der Waals surface area contributed by atoms with Crippen molar-refractivity contribution in [3.63, 3.8) is 0 Å². The van der Waals surface area contributed by atoms with Crippen molar-refractivity contribution in [2.24, 2.45) is 0 Å². The van der Waals surface area contributed by atoms with E-state index in [4.69, 9.17) is 4.74 Å². The van der Waals surface area contributed by atoms with Gasteiger partial charge in [-0.05, 0) is 37.6 Å². The summed E-state index contributed by atoms with van der Waals surface area (Å²) in [7, 11) is 0. The van der Waals surface area contributed by atoms with Crippen LogP contribution in [-0.4, -0.2) is 17.1 Å². The zero-order valence-electron chi connectivity index (χ0n) is 11.2. The summed E-state index contributed by atoms with van der Waals surface area (Å²) in [5.41, 5.74) is 1.04. The van der Waals surface area contributed by atoms with Crippen LogP contribution in [0.4, 0.5) is 0 Å². The summed E-state index contributed by atoms with van der Waals surface area (Å²) in [6, 6.07) is 7.75. The van der Waals surface area contributed by atoms with E-state index in [1.54, 1.807) is 0 Å². The van der Waals surface area contributed by atoms with Crippen LogP contribution < -0.4 is 0 Å². The van der Waals surface area contributed by atoms with Crippen molar-refractivity contribution in [3.8, 4) is 0 Å². The number of hydrogen-bond acceptors (Lipinski definition) is 2. The second-order valence-corrected chi connectivity index (χ2v) is 5.54. The lowest BCUT2D eigenvalue weighted by molar-refractivity contribution is -0.147. The summed E-state index contributed by atoms with van der Waals surface area (Å²) < 4.78 is 8.26. The fraction of sp³-hybridized carbons (Fsp3) is 0.400. The molecule has 0 fully saturated rings. The lowest BCUT2D eigenvalue weighted by atomic mass is 10.2. The molecule has 0 aliphatic heterocycles. The van der Waals surface area contributed by atoms with Crippen LogP contribution in [0.5, 0.6) is 0 Å². The van der Waals surface area contributed by atoms with Crippen molar-refractivity contribution >= 4 is 32.8 Å². The predicted octanol–water partition coefficient (Wildman–Crippen LogP) is 4.31. The monoisotopic (exact) mass is 323 g/mol. The molecule has 0 radical (unpaired) electrons. The normalized spacial score (nSPS) is 12.6. The Labute approximate surface area is 121 Å². The maximum atomic E-state index is 12.0. The molecule has 1 heterocycles. The van der Waals surface area contributed by atoms with Crippen molar-refractivity contribution in [2.75, 3.05) is 6.61 Å². The number of hydrogen-bond donors (Lipinski definition) is 0. The molecule has 0 N–H and O–H groups in total. The minimum absolute atomic E-state index is 0.172. The first-order valence-corrected chi connectivity index (χ1v) is 7.35. The Morgan fingerprint density at radius 3 is 2.95 bits per heavy atom. The molecule has 19 heavy (non-hydrogen) atoms. The van der Waals surface area contributed by atoms with Crippen molar-refractivity contribution in [1.29, 1.82) is 0 Å². The molecule has 0 amide bonds. The third-order valence-electron chi connectivity index (χ3n) is 3.18. The Kier molecular flexibility index (Phi) is 4.64. The number of carbonyl (C=O) groups is 1. The van der Waals surface area contributed by atoms with Crippen LogP contribution in [0.2, 0.25) is 0 Å². The number of fused-ring (bicyclic) bond motifs is 1. The van der Waals surface area contributed by atoms with Crippen molar-refractivity contribution in [2.45, 2.75) is 32.7 Å². The number of carbonyl (C=O) groups excluding carboxylic acids is 1. The number of halogens is 1. The molecule has 0 aliphatic carbocycles. The molecule has 2 rings (SSSR count). The smallest absolute Gasteiger partial charge is 0.328 e. The van der Waals surface area contributed by atoms with Crippen LogP contribution >= 0.6 is 15.9 Å². The van der Waals surface area contributed by atoms with Crippen molar-refractivity contribution in [3.05, 3.63) is 34.9 Å². The first-order chi connectivity index (χ1) is 9.13. The van der Waals surface area contributed by atoms with E-state index in [-0.39, 0.29) is 12.0 Å². The van der Waals surface area contributed by atoms with Gasteiger partial charge in [0.1, 0.15) is 6.04 Å². The Morgan fingerprint density at radius 2 is 2.21 bits per heavy atom. The molecule has 0 bridgehead atoms. The fourth-order valence-electron chi connectivity index (χ4n) is 2.02. The summed E-state index contributed by atoms with van der Waals surface area (Å²) in [6.07, 6.45) is 3.88. The van der Waals surface area contributed by atoms with Crippen LogP contribution in [0, 0.1) is 0 Å². The van der Waals surface area contributed by atoms with E-state index in [0.717, 1.165) is 28.2 Å². The lowest BCUT2D eigenvalue weighted by Crippen LogP contribution is -2.19. The van der Waals surface area contributed by atoms with Gasteiger partial charge in [0, 0.05) is 21.6 Å². The SMILES string of the molecule is CCCCOC(=O)C(C)n1ccc2cc(Br)ccc21. The summed E-state index contributed by atoms with van der Waals surface area (Å²) in [4.78, 5) is 12.0. The van der Waals surface area contributed by atoms with Gasteiger partial charge < -0.3 is 9.30 Å². The molecule has 1 aromatic carbocycles. The molecule has 1 unspecified atom stereocenters. The Balaban J connectivity index is 2.17. The molecule has 102 valence electrons. The minimum Gasteiger partial charge on any atom is -0.464 e. The van der Waals surface area contributed by atoms with Gasteiger partial charge in [0.05, 0.1) is 6.61 Å². The third-order valence-corrected chi connectivity index (χ3v) is 3.68. The standard InChI is InChI=1S/C15H18BrNO2/c1-3-4-9-19-15(18)11(2)17-8-7-12-10-13(16)5-6-14(12)17/h5-8,10-11H,3-4,9H2,1-2H3. The quantitative estimate of drug-likeness (QED) is 0.606. The molecular weight excluding hydrogens is 306 g/mol. The average Bonchev–Trinajstić information content (AvgIpc) is 2.80. The summed E-state index contributed by atoms with van der Waals surface area (Å²) in [6.45, 7) is 4.45. The number of rotatable bonds is 5. The van der Waals surface area contributed by atoms with Crippen LogP contribution in [0.3, 0.4) is 0 Å². The second kappa shape index (κ2) is 6.24. The van der Waals surface area contributed by atoms with E-state index in [9.17, 15) is 4.79 Å². The Morgan fingerprint density at radius 1 is 1.42 bits per heavy atom. The van der Waals surface area contributed by atoms with Gasteiger partial charge in [-0.1, -0.05) is 29.3 Å². The van der Waals surface area contributed by atoms with Crippen LogP contribution in [0.25, 0.3) is 10.9 Å². The molecule has 3 nitrogen and oxygen atoms in total. The topological polar surface area (TPSA) is 31.2 Å². The van der Waals surface area contributed by atoms with E-state index in [0.29, 0.717) is 6.61 Å². The van der Waals surface area contributed by atoms with Gasteiger partial charge in [-0.2, -0.15) is 0 Å². The first-order valence-electron chi connectivity index (χ1n) is 6.56. The fourth-order valence-corrected chi connectivity index (χ4v) is 2.40. The molecule has 2 aromatic rings. The second-order valence-electron chi connectivity index (χ2n) is 4.62. The summed E-state index contributed by atoms with van der Waals surface area (Å²) in [5, 5.41) is 1.11. The highest BCUT2D eigenvalue weighted by atomic mass is 79.9. The largest absolute Gasteiger partial charge is 0.464 e. The van der Waals surface area contributed by atoms with Crippen LogP contribution in [0.1, 0.15) is 32.7 Å². The van der Waals surface area contributed by atoms with Gasteiger partial charge in [-0.15, -0.1) is 0 Å². The van der Waals surface area contributed by atoms with E-state index >= 15 is 0 Å². The van der Waals surface area contributed by atoms with E-state index < -0.39 is 0 Å². The van der Waals surface area contributed by atoms with Gasteiger partial charge >= 0.3 is 5.97 Å². The highest BCUT2D eigenvalue weighted by Gasteiger charge is 2.17. The Bertz CT molecular complexity index is 577. The van der Waals surface area contributed by atoms with Gasteiger partial charge in [-0.3, -0.25) is 0 Å². The molecule has 1 aromatic heterocycles. The number of aromatic nitrogens is 1. The zero-order valence-corrected chi connectivity index (χ0v) is 12.8. The molecule has 0 saturated heterocycles. The number of ether oxygens (including phenoxy) is 1. The number of esters is 1. The zero-order chi connectivity index (χ0) is 13.8. The minimum atomic E-state index is -0.296. The van der Waals surface area contributed by atoms with Crippen molar-refractivity contribution in [1.82, 2.24) is 4.57 Å². The summed E-state index contributed by atoms with van der Waals surface area (Å²) >= 11 is 3.45. The number of nitrogens with zero attached hydrogens (tertiary/aromatic N) is 1. The maximum absolute atomic E-state index is 12.0. The van der Waals surface area contributed by atoms with Crippen LogP contribution in [0.15, 0.2) is 34.9 Å². The predicted molar refractivity (Wildman–Crippen MR) is 80.2 cm³/mol.